The number of carbonyl (C=O) groups is 2. The van der Waals surface area contributed by atoms with Gasteiger partial charge in [0, 0.05) is 32.6 Å². The molecular weight excluding hydrogens is 632 g/mol. The monoisotopic (exact) mass is 657 g/mol. The smallest absolute Gasteiger partial charge is 0.262 e. The zero-order chi connectivity index (χ0) is 30.8. The van der Waals surface area contributed by atoms with E-state index in [0.717, 1.165) is 11.1 Å². The number of rotatable bonds is 12. The van der Waals surface area contributed by atoms with E-state index in [0.29, 0.717) is 32.1 Å². The van der Waals surface area contributed by atoms with Gasteiger partial charge in [0.1, 0.15) is 24.1 Å². The Hall–Kier alpha value is -3.75. The van der Waals surface area contributed by atoms with Crippen LogP contribution in [-0.4, -0.2) is 30.2 Å². The van der Waals surface area contributed by atoms with Crippen LogP contribution in [0.3, 0.4) is 0 Å². The second kappa shape index (κ2) is 15.6. The summed E-state index contributed by atoms with van der Waals surface area (Å²) in [4.78, 5) is 26.3. The van der Waals surface area contributed by atoms with Gasteiger partial charge >= 0.3 is 0 Å². The summed E-state index contributed by atoms with van der Waals surface area (Å²) < 4.78 is 11.7. The lowest BCUT2D eigenvalue weighted by atomic mass is 10.1. The van der Waals surface area contributed by atoms with Gasteiger partial charge in [0.2, 0.25) is 0 Å². The van der Waals surface area contributed by atoms with Gasteiger partial charge < -0.3 is 14.8 Å². The molecule has 0 spiro atoms. The van der Waals surface area contributed by atoms with Crippen LogP contribution in [-0.2, 0) is 22.6 Å². The summed E-state index contributed by atoms with van der Waals surface area (Å²) in [5, 5.41) is 8.62. The largest absolute Gasteiger partial charge is 0.488 e. The number of hydrazone groups is 1. The molecule has 7 nitrogen and oxygen atoms in total. The Kier molecular flexibility index (Phi) is 11.7. The first kappa shape index (κ1) is 32.2. The minimum Gasteiger partial charge on any atom is -0.488 e. The first-order valence-electron chi connectivity index (χ1n) is 13.1. The molecule has 0 aliphatic heterocycles. The number of hydrogen-bond acceptors (Lipinski definition) is 5. The SMILES string of the molecule is C[C@@H](Oc1ccc(Cl)cc1Cl)C(=O)N[C@H](Cc1ccccc1)C(=O)N/N=C\c1ccccc1OCc1ccc(Cl)cc1Cl. The fourth-order valence-corrected chi connectivity index (χ4v) is 4.84. The van der Waals surface area contributed by atoms with Gasteiger partial charge in [0.15, 0.2) is 6.10 Å². The molecule has 0 bridgehead atoms. The first-order chi connectivity index (χ1) is 20.7. The van der Waals surface area contributed by atoms with Crippen LogP contribution >= 0.6 is 46.4 Å². The van der Waals surface area contributed by atoms with Gasteiger partial charge in [0.05, 0.1) is 11.2 Å². The summed E-state index contributed by atoms with van der Waals surface area (Å²) in [7, 11) is 0. The van der Waals surface area contributed by atoms with Crippen molar-refractivity contribution in [2.45, 2.75) is 32.1 Å². The molecule has 0 fully saturated rings. The Balaban J connectivity index is 1.42. The van der Waals surface area contributed by atoms with Crippen LogP contribution in [0.2, 0.25) is 20.1 Å². The zero-order valence-electron chi connectivity index (χ0n) is 22.9. The predicted molar refractivity (Wildman–Crippen MR) is 172 cm³/mol. The molecular formula is C32H27Cl4N3O4. The quantitative estimate of drug-likeness (QED) is 0.122. The van der Waals surface area contributed by atoms with E-state index in [9.17, 15) is 9.59 Å². The highest BCUT2D eigenvalue weighted by Crippen LogP contribution is 2.28. The Morgan fingerprint density at radius 2 is 1.49 bits per heavy atom. The fourth-order valence-electron chi connectivity index (χ4n) is 3.92. The van der Waals surface area contributed by atoms with Crippen LogP contribution in [0, 0.1) is 0 Å². The number of benzene rings is 4. The van der Waals surface area contributed by atoms with Crippen molar-refractivity contribution in [2.24, 2.45) is 5.10 Å². The van der Waals surface area contributed by atoms with Crippen LogP contribution in [0.5, 0.6) is 11.5 Å². The predicted octanol–water partition coefficient (Wildman–Crippen LogP) is 7.52. The van der Waals surface area contributed by atoms with Crippen LogP contribution in [0.1, 0.15) is 23.6 Å². The third kappa shape index (κ3) is 9.63. The van der Waals surface area contributed by atoms with Crippen molar-refractivity contribution < 1.29 is 19.1 Å². The zero-order valence-corrected chi connectivity index (χ0v) is 25.9. The highest BCUT2D eigenvalue weighted by Gasteiger charge is 2.25. The second-order valence-electron chi connectivity index (χ2n) is 9.38. The van der Waals surface area contributed by atoms with E-state index in [2.05, 4.69) is 15.8 Å². The second-order valence-corrected chi connectivity index (χ2v) is 11.1. The highest BCUT2D eigenvalue weighted by molar-refractivity contribution is 6.35. The Morgan fingerprint density at radius 1 is 0.814 bits per heavy atom. The number of ether oxygens (including phenoxy) is 2. The van der Waals surface area contributed by atoms with Crippen molar-refractivity contribution in [1.29, 1.82) is 0 Å². The van der Waals surface area contributed by atoms with Crippen molar-refractivity contribution in [3.63, 3.8) is 0 Å². The van der Waals surface area contributed by atoms with Crippen molar-refractivity contribution in [3.05, 3.63) is 128 Å². The van der Waals surface area contributed by atoms with Crippen molar-refractivity contribution >= 4 is 64.4 Å². The molecule has 0 saturated heterocycles. The van der Waals surface area contributed by atoms with Crippen molar-refractivity contribution in [1.82, 2.24) is 10.7 Å². The normalized spacial score (nSPS) is 12.4. The van der Waals surface area contributed by atoms with Gasteiger partial charge in [-0.1, -0.05) is 94.9 Å². The lowest BCUT2D eigenvalue weighted by Gasteiger charge is -2.21. The van der Waals surface area contributed by atoms with Crippen molar-refractivity contribution in [3.8, 4) is 11.5 Å². The number of halogens is 4. The molecule has 0 unspecified atom stereocenters. The molecule has 0 radical (unpaired) electrons. The van der Waals surface area contributed by atoms with Gasteiger partial charge in [-0.3, -0.25) is 9.59 Å². The Bertz CT molecular complexity index is 1600. The highest BCUT2D eigenvalue weighted by atomic mass is 35.5. The molecule has 0 saturated carbocycles. The average Bonchev–Trinajstić information content (AvgIpc) is 2.98. The van der Waals surface area contributed by atoms with E-state index in [4.69, 9.17) is 55.9 Å². The first-order valence-corrected chi connectivity index (χ1v) is 14.7. The van der Waals surface area contributed by atoms with E-state index < -0.39 is 24.0 Å². The number of nitrogens with one attached hydrogen (secondary N) is 2. The number of amides is 2. The van der Waals surface area contributed by atoms with E-state index in [-0.39, 0.29) is 18.1 Å². The third-order valence-electron chi connectivity index (χ3n) is 6.18. The van der Waals surface area contributed by atoms with Gasteiger partial charge in [-0.15, -0.1) is 0 Å². The summed E-state index contributed by atoms with van der Waals surface area (Å²) >= 11 is 24.4. The molecule has 0 aliphatic rings. The van der Waals surface area contributed by atoms with E-state index in [1.165, 1.54) is 12.3 Å². The molecule has 2 N–H and O–H groups in total. The summed E-state index contributed by atoms with van der Waals surface area (Å²) in [6.45, 7) is 1.77. The van der Waals surface area contributed by atoms with Gasteiger partial charge in [0.25, 0.3) is 11.8 Å². The molecule has 0 aliphatic carbocycles. The average molecular weight is 659 g/mol. The van der Waals surface area contributed by atoms with E-state index >= 15 is 0 Å². The van der Waals surface area contributed by atoms with Crippen LogP contribution in [0.15, 0.2) is 96.1 Å². The standard InChI is InChI=1S/C32H27Cl4N3O4/c1-20(43-30-14-13-25(34)17-27(30)36)31(40)38-28(15-21-7-3-2-4-8-21)32(41)39-37-18-22-9-5-6-10-29(22)42-19-23-11-12-24(33)16-26(23)35/h2-14,16-18,20,28H,15,19H2,1H3,(H,38,40)(H,39,41)/b37-18-/t20-,28-/m1/s1. The molecule has 222 valence electrons. The molecule has 2 atom stereocenters. The molecule has 4 rings (SSSR count). The summed E-state index contributed by atoms with van der Waals surface area (Å²) in [5.74, 6) is -0.198. The number of nitrogens with zero attached hydrogens (tertiary/aromatic N) is 1. The molecule has 43 heavy (non-hydrogen) atoms. The summed E-state index contributed by atoms with van der Waals surface area (Å²) in [6.07, 6.45) is 0.738. The van der Waals surface area contributed by atoms with Crippen LogP contribution < -0.4 is 20.2 Å². The summed E-state index contributed by atoms with van der Waals surface area (Å²) in [5.41, 5.74) is 4.76. The molecule has 2 amide bonds. The minimum absolute atomic E-state index is 0.208. The maximum Gasteiger partial charge on any atom is 0.262 e. The van der Waals surface area contributed by atoms with Crippen molar-refractivity contribution in [2.75, 3.05) is 0 Å². The van der Waals surface area contributed by atoms with E-state index in [1.807, 2.05) is 42.5 Å². The number of para-hydroxylation sites is 1. The fraction of sp³-hybridized carbons (Fsp3) is 0.156. The Labute approximate surface area is 269 Å². The maximum atomic E-state index is 13.2. The minimum atomic E-state index is -0.952. The van der Waals surface area contributed by atoms with E-state index in [1.54, 1.807) is 49.4 Å². The Morgan fingerprint density at radius 3 is 2.21 bits per heavy atom. The number of hydrogen-bond donors (Lipinski definition) is 2. The number of carbonyl (C=O) groups excluding carboxylic acids is 2. The summed E-state index contributed by atoms with van der Waals surface area (Å²) in [6, 6.07) is 25.4. The lowest BCUT2D eigenvalue weighted by molar-refractivity contribution is -0.132. The topological polar surface area (TPSA) is 89.0 Å². The third-order valence-corrected chi connectivity index (χ3v) is 7.30. The lowest BCUT2D eigenvalue weighted by Crippen LogP contribution is -2.50. The molecule has 4 aromatic carbocycles. The molecule has 4 aromatic rings. The van der Waals surface area contributed by atoms with Crippen LogP contribution in [0.4, 0.5) is 0 Å². The van der Waals surface area contributed by atoms with Gasteiger partial charge in [-0.05, 0) is 55.0 Å². The molecule has 0 heterocycles. The van der Waals surface area contributed by atoms with Crippen LogP contribution in [0.25, 0.3) is 0 Å². The molecule has 11 heteroatoms. The van der Waals surface area contributed by atoms with Gasteiger partial charge in [-0.25, -0.2) is 5.43 Å². The maximum absolute atomic E-state index is 13.2. The van der Waals surface area contributed by atoms with Gasteiger partial charge in [-0.2, -0.15) is 5.10 Å². The molecule has 0 aromatic heterocycles.